The molecule has 124 valence electrons. The van der Waals surface area contributed by atoms with Gasteiger partial charge < -0.3 is 10.6 Å². The molecule has 1 fully saturated rings. The van der Waals surface area contributed by atoms with E-state index in [0.717, 1.165) is 28.1 Å². The second-order valence-electron chi connectivity index (χ2n) is 6.61. The normalized spacial score (nSPS) is 18.8. The minimum absolute atomic E-state index is 0.0778. The van der Waals surface area contributed by atoms with Gasteiger partial charge in [-0.3, -0.25) is 9.59 Å². The Labute approximate surface area is 142 Å². The first-order valence-corrected chi connectivity index (χ1v) is 8.19. The van der Waals surface area contributed by atoms with Crippen LogP contribution in [0.4, 0.5) is 11.4 Å². The van der Waals surface area contributed by atoms with Gasteiger partial charge in [-0.05, 0) is 51.0 Å². The van der Waals surface area contributed by atoms with Crippen molar-refractivity contribution in [1.29, 1.82) is 0 Å². The third-order valence-electron chi connectivity index (χ3n) is 4.42. The molecule has 2 unspecified atom stereocenters. The summed E-state index contributed by atoms with van der Waals surface area (Å²) in [6.07, 6.45) is 0.606. The summed E-state index contributed by atoms with van der Waals surface area (Å²) < 4.78 is 0. The number of aryl methyl sites for hydroxylation is 3. The lowest BCUT2D eigenvalue weighted by Crippen LogP contribution is -2.20. The Balaban J connectivity index is 1.57. The van der Waals surface area contributed by atoms with Crippen molar-refractivity contribution in [3.8, 4) is 0 Å². The van der Waals surface area contributed by atoms with E-state index < -0.39 is 0 Å². The molecule has 2 aromatic rings. The second-order valence-corrected chi connectivity index (χ2v) is 6.61. The van der Waals surface area contributed by atoms with Gasteiger partial charge in [0.2, 0.25) is 11.8 Å². The highest BCUT2D eigenvalue weighted by Crippen LogP contribution is 2.40. The quantitative estimate of drug-likeness (QED) is 0.899. The number of carbonyl (C=O) groups excluding carboxylic acids is 2. The summed E-state index contributed by atoms with van der Waals surface area (Å²) in [4.78, 5) is 24.6. The summed E-state index contributed by atoms with van der Waals surface area (Å²) >= 11 is 0. The number of nitrogens with one attached hydrogen (secondary N) is 2. The zero-order valence-electron chi connectivity index (χ0n) is 14.2. The van der Waals surface area contributed by atoms with Gasteiger partial charge in [0.15, 0.2) is 0 Å². The molecular formula is C20H22N2O2. The van der Waals surface area contributed by atoms with Crippen LogP contribution < -0.4 is 10.6 Å². The van der Waals surface area contributed by atoms with E-state index in [-0.39, 0.29) is 23.7 Å². The molecule has 0 aromatic heterocycles. The summed E-state index contributed by atoms with van der Waals surface area (Å²) in [5, 5.41) is 5.82. The summed E-state index contributed by atoms with van der Waals surface area (Å²) in [5.41, 5.74) is 4.92. The minimum Gasteiger partial charge on any atom is -0.326 e. The van der Waals surface area contributed by atoms with Crippen LogP contribution in [0.1, 0.15) is 23.1 Å². The van der Waals surface area contributed by atoms with Crippen molar-refractivity contribution in [1.82, 2.24) is 0 Å². The van der Waals surface area contributed by atoms with E-state index in [4.69, 9.17) is 0 Å². The SMILES string of the molecule is Cc1ccc(NC(=O)C2CC2C(=O)Nc2ccc(C)cc2C)cc1. The lowest BCUT2D eigenvalue weighted by Gasteiger charge is -2.09. The maximum atomic E-state index is 12.3. The van der Waals surface area contributed by atoms with Crippen molar-refractivity contribution >= 4 is 23.2 Å². The first-order valence-electron chi connectivity index (χ1n) is 8.19. The van der Waals surface area contributed by atoms with E-state index in [1.54, 1.807) is 0 Å². The zero-order chi connectivity index (χ0) is 17.3. The van der Waals surface area contributed by atoms with Gasteiger partial charge in [-0.15, -0.1) is 0 Å². The van der Waals surface area contributed by atoms with E-state index in [9.17, 15) is 9.59 Å². The maximum absolute atomic E-state index is 12.3. The van der Waals surface area contributed by atoms with Crippen molar-refractivity contribution in [2.75, 3.05) is 10.6 Å². The Morgan fingerprint density at radius 3 is 2.04 bits per heavy atom. The highest BCUT2D eigenvalue weighted by atomic mass is 16.2. The molecule has 0 saturated heterocycles. The number of anilines is 2. The Morgan fingerprint density at radius 1 is 0.833 bits per heavy atom. The van der Waals surface area contributed by atoms with Crippen molar-refractivity contribution in [3.05, 3.63) is 59.2 Å². The molecule has 0 bridgehead atoms. The molecule has 2 aromatic carbocycles. The Hall–Kier alpha value is -2.62. The van der Waals surface area contributed by atoms with Gasteiger partial charge in [0.25, 0.3) is 0 Å². The first kappa shape index (κ1) is 16.2. The standard InChI is InChI=1S/C20H22N2O2/c1-12-4-7-15(8-5-12)21-19(23)16-11-17(16)20(24)22-18-9-6-13(2)10-14(18)3/h4-10,16-17H,11H2,1-3H3,(H,21,23)(H,22,24). The summed E-state index contributed by atoms with van der Waals surface area (Å²) in [7, 11) is 0. The number of rotatable bonds is 4. The largest absolute Gasteiger partial charge is 0.326 e. The van der Waals surface area contributed by atoms with Gasteiger partial charge in [-0.2, -0.15) is 0 Å². The number of carbonyl (C=O) groups is 2. The van der Waals surface area contributed by atoms with Crippen LogP contribution in [0.25, 0.3) is 0 Å². The number of hydrogen-bond acceptors (Lipinski definition) is 2. The predicted molar refractivity (Wildman–Crippen MR) is 96.0 cm³/mol. The molecule has 0 aliphatic heterocycles. The Bertz CT molecular complexity index is 781. The number of benzene rings is 2. The van der Waals surface area contributed by atoms with Gasteiger partial charge >= 0.3 is 0 Å². The molecule has 1 aliphatic rings. The van der Waals surface area contributed by atoms with Crippen LogP contribution in [-0.2, 0) is 9.59 Å². The van der Waals surface area contributed by atoms with Crippen LogP contribution in [0.5, 0.6) is 0 Å². The molecule has 1 aliphatic carbocycles. The highest BCUT2D eigenvalue weighted by molar-refractivity contribution is 6.03. The molecule has 2 N–H and O–H groups in total. The average molecular weight is 322 g/mol. The molecule has 1 saturated carbocycles. The second kappa shape index (κ2) is 6.48. The lowest BCUT2D eigenvalue weighted by molar-refractivity contribution is -0.122. The molecule has 2 atom stereocenters. The van der Waals surface area contributed by atoms with E-state index >= 15 is 0 Å². The van der Waals surface area contributed by atoms with Gasteiger partial charge in [0, 0.05) is 11.4 Å². The van der Waals surface area contributed by atoms with Crippen LogP contribution in [0, 0.1) is 32.6 Å². The molecule has 0 spiro atoms. The molecular weight excluding hydrogens is 300 g/mol. The lowest BCUT2D eigenvalue weighted by atomic mass is 10.1. The third kappa shape index (κ3) is 3.65. The Morgan fingerprint density at radius 2 is 1.42 bits per heavy atom. The molecule has 24 heavy (non-hydrogen) atoms. The number of hydrogen-bond donors (Lipinski definition) is 2. The van der Waals surface area contributed by atoms with Gasteiger partial charge in [-0.25, -0.2) is 0 Å². The summed E-state index contributed by atoms with van der Waals surface area (Å²) in [6, 6.07) is 13.6. The first-order chi connectivity index (χ1) is 11.4. The fraction of sp³-hybridized carbons (Fsp3) is 0.300. The molecule has 3 rings (SSSR count). The molecule has 2 amide bonds. The monoisotopic (exact) mass is 322 g/mol. The Kier molecular flexibility index (Phi) is 4.38. The van der Waals surface area contributed by atoms with Crippen LogP contribution in [0.15, 0.2) is 42.5 Å². The van der Waals surface area contributed by atoms with E-state index in [1.807, 2.05) is 63.2 Å². The van der Waals surface area contributed by atoms with E-state index in [0.29, 0.717) is 6.42 Å². The van der Waals surface area contributed by atoms with Crippen LogP contribution >= 0.6 is 0 Å². The molecule has 4 heteroatoms. The van der Waals surface area contributed by atoms with Crippen molar-refractivity contribution in [3.63, 3.8) is 0 Å². The van der Waals surface area contributed by atoms with Crippen molar-refractivity contribution in [2.45, 2.75) is 27.2 Å². The highest BCUT2D eigenvalue weighted by Gasteiger charge is 2.48. The zero-order valence-corrected chi connectivity index (χ0v) is 14.2. The summed E-state index contributed by atoms with van der Waals surface area (Å²) in [6.45, 7) is 5.99. The van der Waals surface area contributed by atoms with Gasteiger partial charge in [0.1, 0.15) is 0 Å². The van der Waals surface area contributed by atoms with E-state index in [2.05, 4.69) is 10.6 Å². The van der Waals surface area contributed by atoms with Gasteiger partial charge in [0.05, 0.1) is 11.8 Å². The average Bonchev–Trinajstić information content (AvgIpc) is 3.33. The van der Waals surface area contributed by atoms with Crippen LogP contribution in [-0.4, -0.2) is 11.8 Å². The fourth-order valence-electron chi connectivity index (χ4n) is 2.83. The van der Waals surface area contributed by atoms with E-state index in [1.165, 1.54) is 0 Å². The smallest absolute Gasteiger partial charge is 0.228 e. The number of amides is 2. The van der Waals surface area contributed by atoms with Gasteiger partial charge in [-0.1, -0.05) is 35.4 Å². The molecule has 0 heterocycles. The molecule has 0 radical (unpaired) electrons. The predicted octanol–water partition coefficient (Wildman–Crippen LogP) is 3.83. The third-order valence-corrected chi connectivity index (χ3v) is 4.42. The van der Waals surface area contributed by atoms with Crippen molar-refractivity contribution < 1.29 is 9.59 Å². The molecule has 4 nitrogen and oxygen atoms in total. The topological polar surface area (TPSA) is 58.2 Å². The van der Waals surface area contributed by atoms with Crippen molar-refractivity contribution in [2.24, 2.45) is 11.8 Å². The van der Waals surface area contributed by atoms with Crippen LogP contribution in [0.3, 0.4) is 0 Å². The van der Waals surface area contributed by atoms with Crippen LogP contribution in [0.2, 0.25) is 0 Å². The minimum atomic E-state index is -0.240. The fourth-order valence-corrected chi connectivity index (χ4v) is 2.83. The maximum Gasteiger partial charge on any atom is 0.228 e. The summed E-state index contributed by atoms with van der Waals surface area (Å²) in [5.74, 6) is -0.640.